The van der Waals surface area contributed by atoms with Crippen LogP contribution in [0.5, 0.6) is 11.5 Å². The van der Waals surface area contributed by atoms with Gasteiger partial charge in [0.2, 0.25) is 0 Å². The quantitative estimate of drug-likeness (QED) is 0.413. The lowest BCUT2D eigenvalue weighted by atomic mass is 10.1. The van der Waals surface area contributed by atoms with Crippen LogP contribution in [0.1, 0.15) is 19.7 Å². The van der Waals surface area contributed by atoms with Crippen LogP contribution in [0.3, 0.4) is 0 Å². The smallest absolute Gasteiger partial charge is 0.143 e. The van der Waals surface area contributed by atoms with Gasteiger partial charge in [-0.05, 0) is 50.6 Å². The fourth-order valence-electron chi connectivity index (χ4n) is 3.18. The largest absolute Gasteiger partial charge is 0.497 e. The van der Waals surface area contributed by atoms with E-state index in [2.05, 4.69) is 27.8 Å². The highest BCUT2D eigenvalue weighted by atomic mass is 32.1. The Morgan fingerprint density at radius 3 is 2.48 bits per heavy atom. The fraction of sp³-hybridized carbons (Fsp3) is 0.217. The predicted molar refractivity (Wildman–Crippen MR) is 120 cm³/mol. The number of hydrogen-bond donors (Lipinski definition) is 1. The highest BCUT2D eigenvalue weighted by molar-refractivity contribution is 7.17. The first-order valence-electron chi connectivity index (χ1n) is 9.48. The molecule has 0 amide bonds. The van der Waals surface area contributed by atoms with Crippen molar-refractivity contribution in [1.82, 2.24) is 9.97 Å². The Balaban J connectivity index is 1.81. The summed E-state index contributed by atoms with van der Waals surface area (Å²) in [4.78, 5) is 10.3. The van der Waals surface area contributed by atoms with Gasteiger partial charge in [-0.3, -0.25) is 0 Å². The third-order valence-corrected chi connectivity index (χ3v) is 5.32. The molecule has 1 N–H and O–H groups in total. The Morgan fingerprint density at radius 1 is 1.00 bits per heavy atom. The van der Waals surface area contributed by atoms with Crippen molar-refractivity contribution < 1.29 is 9.47 Å². The van der Waals surface area contributed by atoms with E-state index in [1.807, 2.05) is 57.2 Å². The van der Waals surface area contributed by atoms with Crippen molar-refractivity contribution in [3.63, 3.8) is 0 Å². The van der Waals surface area contributed by atoms with E-state index in [0.717, 1.165) is 50.2 Å². The summed E-state index contributed by atoms with van der Waals surface area (Å²) >= 11 is 1.62. The Morgan fingerprint density at radius 2 is 1.76 bits per heavy atom. The summed E-state index contributed by atoms with van der Waals surface area (Å²) in [5.74, 6) is 3.14. The van der Waals surface area contributed by atoms with Crippen LogP contribution in [0.15, 0.2) is 53.9 Å². The van der Waals surface area contributed by atoms with Gasteiger partial charge in [0.05, 0.1) is 24.3 Å². The van der Waals surface area contributed by atoms with Crippen LogP contribution in [-0.4, -0.2) is 23.2 Å². The monoisotopic (exact) mass is 405 g/mol. The number of fused-ring (bicyclic) bond motifs is 1. The van der Waals surface area contributed by atoms with Gasteiger partial charge < -0.3 is 14.8 Å². The van der Waals surface area contributed by atoms with Crippen LogP contribution < -0.4 is 14.8 Å². The number of ether oxygens (including phenoxy) is 2. The van der Waals surface area contributed by atoms with E-state index in [-0.39, 0.29) is 6.10 Å². The van der Waals surface area contributed by atoms with Crippen molar-refractivity contribution >= 4 is 33.1 Å². The van der Waals surface area contributed by atoms with Gasteiger partial charge in [-0.25, -0.2) is 9.97 Å². The summed E-state index contributed by atoms with van der Waals surface area (Å²) in [6, 6.07) is 16.0. The second kappa shape index (κ2) is 8.09. The van der Waals surface area contributed by atoms with Gasteiger partial charge in [-0.15, -0.1) is 11.3 Å². The maximum absolute atomic E-state index is 5.96. The lowest BCUT2D eigenvalue weighted by Crippen LogP contribution is -2.08. The minimum atomic E-state index is 0.0844. The van der Waals surface area contributed by atoms with Crippen molar-refractivity contribution in [2.24, 2.45) is 0 Å². The summed E-state index contributed by atoms with van der Waals surface area (Å²) in [5.41, 5.74) is 3.07. The van der Waals surface area contributed by atoms with E-state index in [0.29, 0.717) is 0 Å². The second-order valence-electron chi connectivity index (χ2n) is 6.97. The Bertz CT molecular complexity index is 1140. The predicted octanol–water partition coefficient (Wildman–Crippen LogP) is 6.21. The molecule has 4 rings (SSSR count). The zero-order valence-electron chi connectivity index (χ0n) is 16.9. The van der Waals surface area contributed by atoms with Crippen molar-refractivity contribution in [2.75, 3.05) is 12.4 Å². The first kappa shape index (κ1) is 19.2. The van der Waals surface area contributed by atoms with Crippen molar-refractivity contribution in [3.05, 3.63) is 59.7 Å². The average molecular weight is 406 g/mol. The third kappa shape index (κ3) is 4.03. The standard InChI is InChI=1S/C23H23N3O2S/c1-14(2)28-20-8-6-5-7-19(20)26-22-21-18(13-29-23(21)25-15(3)24-22)16-9-11-17(27-4)12-10-16/h5-14H,1-4H3,(H,24,25,26). The van der Waals surface area contributed by atoms with Crippen LogP contribution in [0, 0.1) is 6.92 Å². The molecule has 0 saturated heterocycles. The molecule has 0 radical (unpaired) electrons. The second-order valence-corrected chi connectivity index (χ2v) is 7.82. The number of hydrogen-bond acceptors (Lipinski definition) is 6. The molecule has 2 aromatic heterocycles. The number of aryl methyl sites for hydroxylation is 1. The average Bonchev–Trinajstić information content (AvgIpc) is 3.13. The molecule has 0 spiro atoms. The minimum absolute atomic E-state index is 0.0844. The molecule has 0 atom stereocenters. The van der Waals surface area contributed by atoms with Gasteiger partial charge in [0.25, 0.3) is 0 Å². The van der Waals surface area contributed by atoms with Gasteiger partial charge in [0.1, 0.15) is 28.0 Å². The van der Waals surface area contributed by atoms with Crippen LogP contribution in [0.4, 0.5) is 11.5 Å². The molecule has 0 bridgehead atoms. The van der Waals surface area contributed by atoms with Gasteiger partial charge in [-0.2, -0.15) is 0 Å². The van der Waals surface area contributed by atoms with Gasteiger partial charge in [-0.1, -0.05) is 24.3 Å². The van der Waals surface area contributed by atoms with E-state index >= 15 is 0 Å². The topological polar surface area (TPSA) is 56.3 Å². The molecule has 0 aliphatic carbocycles. The molecule has 0 fully saturated rings. The number of thiophene rings is 1. The molecule has 5 nitrogen and oxygen atoms in total. The zero-order chi connectivity index (χ0) is 20.4. The molecule has 4 aromatic rings. The highest BCUT2D eigenvalue weighted by Gasteiger charge is 2.16. The van der Waals surface area contributed by atoms with E-state index in [4.69, 9.17) is 14.5 Å². The third-order valence-electron chi connectivity index (χ3n) is 4.45. The van der Waals surface area contributed by atoms with Gasteiger partial charge >= 0.3 is 0 Å². The van der Waals surface area contributed by atoms with Crippen LogP contribution >= 0.6 is 11.3 Å². The fourth-order valence-corrected chi connectivity index (χ4v) is 4.17. The van der Waals surface area contributed by atoms with E-state index in [1.54, 1.807) is 18.4 Å². The molecule has 148 valence electrons. The summed E-state index contributed by atoms with van der Waals surface area (Å²) in [7, 11) is 1.67. The lowest BCUT2D eigenvalue weighted by molar-refractivity contribution is 0.244. The summed E-state index contributed by atoms with van der Waals surface area (Å²) < 4.78 is 11.3. The molecule has 29 heavy (non-hydrogen) atoms. The lowest BCUT2D eigenvalue weighted by Gasteiger charge is -2.16. The number of nitrogens with one attached hydrogen (secondary N) is 1. The Labute approximate surface area is 174 Å². The Kier molecular flexibility index (Phi) is 5.36. The number of methoxy groups -OCH3 is 1. The normalized spacial score (nSPS) is 11.1. The number of aromatic nitrogens is 2. The molecular weight excluding hydrogens is 382 g/mol. The SMILES string of the molecule is COc1ccc(-c2csc3nc(C)nc(Nc4ccccc4OC(C)C)c23)cc1. The van der Waals surface area contributed by atoms with Crippen molar-refractivity contribution in [2.45, 2.75) is 26.9 Å². The number of para-hydroxylation sites is 2. The summed E-state index contributed by atoms with van der Waals surface area (Å²) in [6.07, 6.45) is 0.0844. The molecule has 0 unspecified atom stereocenters. The maximum atomic E-state index is 5.96. The van der Waals surface area contributed by atoms with Crippen molar-refractivity contribution in [1.29, 1.82) is 0 Å². The first-order valence-corrected chi connectivity index (χ1v) is 10.4. The summed E-state index contributed by atoms with van der Waals surface area (Å²) in [6.45, 7) is 5.95. The molecule has 0 aliphatic heterocycles. The molecule has 0 saturated carbocycles. The van der Waals surface area contributed by atoms with E-state index in [9.17, 15) is 0 Å². The number of anilines is 2. The molecule has 0 aliphatic rings. The highest BCUT2D eigenvalue weighted by Crippen LogP contribution is 2.39. The number of benzene rings is 2. The summed E-state index contributed by atoms with van der Waals surface area (Å²) in [5, 5.41) is 6.62. The van der Waals surface area contributed by atoms with Crippen LogP contribution in [0.2, 0.25) is 0 Å². The van der Waals surface area contributed by atoms with Gasteiger partial charge in [0, 0.05) is 10.9 Å². The molecule has 6 heteroatoms. The van der Waals surface area contributed by atoms with E-state index in [1.165, 1.54) is 0 Å². The number of rotatable bonds is 6. The van der Waals surface area contributed by atoms with Crippen molar-refractivity contribution in [3.8, 4) is 22.6 Å². The molecule has 2 heterocycles. The number of nitrogens with zero attached hydrogens (tertiary/aromatic N) is 2. The Hall–Kier alpha value is -3.12. The molecular formula is C23H23N3O2S. The minimum Gasteiger partial charge on any atom is -0.497 e. The van der Waals surface area contributed by atoms with E-state index < -0.39 is 0 Å². The first-order chi connectivity index (χ1) is 14.0. The molecule has 2 aromatic carbocycles. The van der Waals surface area contributed by atoms with Crippen LogP contribution in [0.25, 0.3) is 21.3 Å². The zero-order valence-corrected chi connectivity index (χ0v) is 17.7. The van der Waals surface area contributed by atoms with Gasteiger partial charge in [0.15, 0.2) is 0 Å². The van der Waals surface area contributed by atoms with Crippen LogP contribution in [-0.2, 0) is 0 Å². The maximum Gasteiger partial charge on any atom is 0.143 e.